The van der Waals surface area contributed by atoms with E-state index in [0.717, 1.165) is 0 Å². The van der Waals surface area contributed by atoms with E-state index in [9.17, 15) is 20.1 Å². The number of carbonyl (C=O) groups is 1. The first-order valence-electron chi connectivity index (χ1n) is 9.44. The third-order valence-electron chi connectivity index (χ3n) is 4.32. The van der Waals surface area contributed by atoms with E-state index in [2.05, 4.69) is 25.6 Å². The summed E-state index contributed by atoms with van der Waals surface area (Å²) >= 11 is 0. The zero-order valence-corrected chi connectivity index (χ0v) is 16.9. The summed E-state index contributed by atoms with van der Waals surface area (Å²) in [6.07, 6.45) is -3.65. The number of anilines is 2. The Morgan fingerprint density at radius 1 is 1.30 bits per heavy atom. The molecule has 1 amide bonds. The number of nitrogens with two attached hydrogens (primary N) is 1. The molecular weight excluding hydrogens is 398 g/mol. The Balaban J connectivity index is 1.69. The zero-order valence-electron chi connectivity index (χ0n) is 16.9. The van der Waals surface area contributed by atoms with Gasteiger partial charge in [-0.25, -0.2) is 9.78 Å². The van der Waals surface area contributed by atoms with Gasteiger partial charge in [-0.05, 0) is 20.8 Å². The highest BCUT2D eigenvalue weighted by Crippen LogP contribution is 2.32. The van der Waals surface area contributed by atoms with Gasteiger partial charge in [0.05, 0.1) is 12.9 Å². The van der Waals surface area contributed by atoms with Crippen molar-refractivity contribution in [2.45, 2.75) is 50.9 Å². The molecule has 2 aromatic heterocycles. The third kappa shape index (κ3) is 4.70. The second-order valence-corrected chi connectivity index (χ2v) is 7.84. The largest absolute Gasteiger partial charge is 0.444 e. The van der Waals surface area contributed by atoms with Crippen molar-refractivity contribution in [3.63, 3.8) is 0 Å². The molecule has 13 nitrogen and oxygen atoms in total. The fourth-order valence-corrected chi connectivity index (χ4v) is 2.97. The van der Waals surface area contributed by atoms with E-state index >= 15 is 0 Å². The van der Waals surface area contributed by atoms with Crippen molar-refractivity contribution in [3.8, 4) is 0 Å². The standard InChI is InChI=1S/C17H27N7O6/c1-17(2,3)30-16(28)20-5-4-19-15-22-12(18)9-13(23-15)24(7-21-9)14-11(27)10(26)8(6-25)29-14/h7-8,10-11,14,25-27H,4-6H2,1-3H3,(H,20,28)(H3,18,19,22,23)/t8-,10-,11-,14-/m1/s1. The lowest BCUT2D eigenvalue weighted by molar-refractivity contribution is -0.0511. The molecule has 30 heavy (non-hydrogen) atoms. The first-order valence-corrected chi connectivity index (χ1v) is 9.44. The highest BCUT2D eigenvalue weighted by atomic mass is 16.6. The SMILES string of the molecule is CC(C)(C)OC(=O)NCCNc1nc(N)c2ncn([C@@H]3O[C@H](CO)[C@@H](O)[C@H]3O)c2n1. The first kappa shape index (κ1) is 22.0. The number of carbonyl (C=O) groups excluding carboxylic acids is 1. The van der Waals surface area contributed by atoms with Crippen LogP contribution in [0.3, 0.4) is 0 Å². The molecule has 0 radical (unpaired) electrons. The number of amides is 1. The average Bonchev–Trinajstić information content (AvgIpc) is 3.19. The van der Waals surface area contributed by atoms with Crippen LogP contribution >= 0.6 is 0 Å². The fourth-order valence-electron chi connectivity index (χ4n) is 2.97. The van der Waals surface area contributed by atoms with Crippen LogP contribution in [-0.2, 0) is 9.47 Å². The van der Waals surface area contributed by atoms with Crippen LogP contribution in [0.2, 0.25) is 0 Å². The first-order chi connectivity index (χ1) is 14.1. The number of fused-ring (bicyclic) bond motifs is 1. The topological polar surface area (TPSA) is 190 Å². The Bertz CT molecular complexity index is 899. The van der Waals surface area contributed by atoms with Crippen molar-refractivity contribution in [1.82, 2.24) is 24.8 Å². The zero-order chi connectivity index (χ0) is 22.1. The number of nitrogens with zero attached hydrogens (tertiary/aromatic N) is 4. The fraction of sp³-hybridized carbons (Fsp3) is 0.647. The Hall–Kier alpha value is -2.74. The number of imidazole rings is 1. The van der Waals surface area contributed by atoms with Crippen LogP contribution in [0.15, 0.2) is 6.33 Å². The number of ether oxygens (including phenoxy) is 2. The van der Waals surface area contributed by atoms with E-state index < -0.39 is 42.8 Å². The summed E-state index contributed by atoms with van der Waals surface area (Å²) < 4.78 is 12.1. The molecule has 1 aliphatic rings. The Labute approximate surface area is 172 Å². The number of hydrogen-bond acceptors (Lipinski definition) is 11. The van der Waals surface area contributed by atoms with E-state index in [1.807, 2.05) is 0 Å². The van der Waals surface area contributed by atoms with E-state index in [0.29, 0.717) is 12.1 Å². The van der Waals surface area contributed by atoms with Crippen molar-refractivity contribution in [1.29, 1.82) is 0 Å². The minimum Gasteiger partial charge on any atom is -0.444 e. The molecule has 13 heteroatoms. The molecule has 3 heterocycles. The van der Waals surface area contributed by atoms with Crippen LogP contribution in [0, 0.1) is 0 Å². The molecule has 0 bridgehead atoms. The van der Waals surface area contributed by atoms with Gasteiger partial charge < -0.3 is 41.2 Å². The van der Waals surface area contributed by atoms with Crippen LogP contribution < -0.4 is 16.4 Å². The number of aromatic nitrogens is 4. The van der Waals surface area contributed by atoms with Gasteiger partial charge in [0.2, 0.25) is 5.95 Å². The molecule has 3 rings (SSSR count). The second-order valence-electron chi connectivity index (χ2n) is 7.84. The third-order valence-corrected chi connectivity index (χ3v) is 4.32. The highest BCUT2D eigenvalue weighted by Gasteiger charge is 2.44. The smallest absolute Gasteiger partial charge is 0.407 e. The van der Waals surface area contributed by atoms with Crippen LogP contribution in [0.1, 0.15) is 27.0 Å². The van der Waals surface area contributed by atoms with Crippen molar-refractivity contribution >= 4 is 29.0 Å². The maximum absolute atomic E-state index is 11.7. The summed E-state index contributed by atoms with van der Waals surface area (Å²) in [5.74, 6) is 0.285. The van der Waals surface area contributed by atoms with Gasteiger partial charge in [-0.15, -0.1) is 0 Å². The predicted octanol–water partition coefficient (Wildman–Crippen LogP) is -1.04. The number of rotatable bonds is 6. The molecule has 0 saturated carbocycles. The molecule has 0 unspecified atom stereocenters. The molecule has 0 aliphatic carbocycles. The van der Waals surface area contributed by atoms with Crippen LogP contribution in [0.5, 0.6) is 0 Å². The van der Waals surface area contributed by atoms with E-state index in [-0.39, 0.29) is 24.0 Å². The molecule has 2 aromatic rings. The summed E-state index contributed by atoms with van der Waals surface area (Å²) in [5.41, 5.74) is 5.94. The number of hydrogen-bond donors (Lipinski definition) is 6. The Morgan fingerprint density at radius 2 is 2.03 bits per heavy atom. The Kier molecular flexibility index (Phi) is 6.26. The molecule has 0 aromatic carbocycles. The maximum atomic E-state index is 11.7. The minimum absolute atomic E-state index is 0.105. The summed E-state index contributed by atoms with van der Waals surface area (Å²) in [5, 5.41) is 35.1. The lowest BCUT2D eigenvalue weighted by Gasteiger charge is -2.19. The number of nitrogen functional groups attached to an aromatic ring is 1. The number of nitrogens with one attached hydrogen (secondary N) is 2. The lowest BCUT2D eigenvalue weighted by Crippen LogP contribution is -2.35. The van der Waals surface area contributed by atoms with Crippen LogP contribution in [0.25, 0.3) is 11.2 Å². The lowest BCUT2D eigenvalue weighted by atomic mass is 10.1. The summed E-state index contributed by atoms with van der Waals surface area (Å²) in [6, 6.07) is 0. The van der Waals surface area contributed by atoms with Crippen LogP contribution in [0.4, 0.5) is 16.6 Å². The molecule has 166 valence electrons. The summed E-state index contributed by atoms with van der Waals surface area (Å²) in [6.45, 7) is 5.41. The van der Waals surface area contributed by atoms with Gasteiger partial charge in [0, 0.05) is 13.1 Å². The van der Waals surface area contributed by atoms with Gasteiger partial charge in [-0.1, -0.05) is 0 Å². The van der Waals surface area contributed by atoms with Gasteiger partial charge in [0.15, 0.2) is 17.7 Å². The maximum Gasteiger partial charge on any atom is 0.407 e. The molecular formula is C17H27N7O6. The van der Waals surface area contributed by atoms with E-state index in [1.54, 1.807) is 20.8 Å². The monoisotopic (exact) mass is 425 g/mol. The molecule has 1 fully saturated rings. The van der Waals surface area contributed by atoms with Crippen molar-refractivity contribution in [3.05, 3.63) is 6.33 Å². The van der Waals surface area contributed by atoms with E-state index in [1.165, 1.54) is 10.9 Å². The molecule has 0 spiro atoms. The van der Waals surface area contributed by atoms with Gasteiger partial charge in [0.25, 0.3) is 0 Å². The minimum atomic E-state index is -1.29. The normalized spacial score (nSPS) is 24.2. The number of aliphatic hydroxyl groups excluding tert-OH is 3. The summed E-state index contributed by atoms with van der Waals surface area (Å²) in [7, 11) is 0. The number of alkyl carbamates (subject to hydrolysis) is 1. The molecule has 4 atom stereocenters. The Morgan fingerprint density at radius 3 is 2.67 bits per heavy atom. The van der Waals surface area contributed by atoms with Gasteiger partial charge in [-0.3, -0.25) is 4.57 Å². The second kappa shape index (κ2) is 8.55. The van der Waals surface area contributed by atoms with Crippen molar-refractivity contribution < 1.29 is 29.6 Å². The van der Waals surface area contributed by atoms with Crippen molar-refractivity contribution in [2.75, 3.05) is 30.7 Å². The molecule has 1 aliphatic heterocycles. The van der Waals surface area contributed by atoms with Gasteiger partial charge in [0.1, 0.15) is 29.4 Å². The van der Waals surface area contributed by atoms with Crippen molar-refractivity contribution in [2.24, 2.45) is 0 Å². The van der Waals surface area contributed by atoms with E-state index in [4.69, 9.17) is 15.2 Å². The quantitative estimate of drug-likeness (QED) is 0.310. The van der Waals surface area contributed by atoms with Gasteiger partial charge in [-0.2, -0.15) is 9.97 Å². The average molecular weight is 425 g/mol. The molecule has 7 N–H and O–H groups in total. The molecule has 1 saturated heterocycles. The van der Waals surface area contributed by atoms with Crippen LogP contribution in [-0.4, -0.2) is 84.5 Å². The number of aliphatic hydroxyl groups is 3. The van der Waals surface area contributed by atoms with Gasteiger partial charge >= 0.3 is 6.09 Å². The predicted molar refractivity (Wildman–Crippen MR) is 105 cm³/mol. The highest BCUT2D eigenvalue weighted by molar-refractivity contribution is 5.83. The summed E-state index contributed by atoms with van der Waals surface area (Å²) in [4.78, 5) is 24.3.